The molecule has 2 rings (SSSR count). The number of hydrogen-bond donors (Lipinski definition) is 1. The van der Waals surface area contributed by atoms with Crippen molar-refractivity contribution in [2.45, 2.75) is 26.8 Å². The summed E-state index contributed by atoms with van der Waals surface area (Å²) in [5.41, 5.74) is 0.904. The Morgan fingerprint density at radius 2 is 2.28 bits per heavy atom. The van der Waals surface area contributed by atoms with Gasteiger partial charge in [-0.3, -0.25) is 0 Å². The Bertz CT molecular complexity index is 442. The summed E-state index contributed by atoms with van der Waals surface area (Å²) in [5.74, 6) is 0.826. The molecule has 0 aromatic heterocycles. The minimum atomic E-state index is -0.360. The second kappa shape index (κ2) is 4.88. The van der Waals surface area contributed by atoms with Crippen molar-refractivity contribution in [3.63, 3.8) is 0 Å². The molecule has 1 atom stereocenters. The maximum Gasteiger partial charge on any atom is 0.407 e. The highest BCUT2D eigenvalue weighted by Crippen LogP contribution is 2.37. The average molecular weight is 249 g/mol. The smallest absolute Gasteiger partial charge is 0.407 e. The fourth-order valence-corrected chi connectivity index (χ4v) is 2.17. The highest BCUT2D eigenvalue weighted by molar-refractivity contribution is 5.69. The minimum absolute atomic E-state index is 0.0563. The summed E-state index contributed by atoms with van der Waals surface area (Å²) in [6, 6.07) is 7.78. The second-order valence-electron chi connectivity index (χ2n) is 5.15. The summed E-state index contributed by atoms with van der Waals surface area (Å²) in [4.78, 5) is 11.4. The molecule has 1 fully saturated rings. The van der Waals surface area contributed by atoms with Crippen LogP contribution in [0.2, 0.25) is 0 Å². The van der Waals surface area contributed by atoms with Crippen molar-refractivity contribution in [2.24, 2.45) is 5.41 Å². The van der Waals surface area contributed by atoms with Crippen molar-refractivity contribution in [3.05, 3.63) is 29.8 Å². The molecule has 98 valence electrons. The SMILES string of the molecule is CCOc1cccc([C@@H]2NC(=O)OCC2(C)C)c1. The number of ether oxygens (including phenoxy) is 2. The molecule has 1 heterocycles. The van der Waals surface area contributed by atoms with E-state index < -0.39 is 0 Å². The van der Waals surface area contributed by atoms with Crippen LogP contribution in [0.1, 0.15) is 32.4 Å². The van der Waals surface area contributed by atoms with Crippen LogP contribution in [0, 0.1) is 5.41 Å². The van der Waals surface area contributed by atoms with Crippen molar-refractivity contribution < 1.29 is 14.3 Å². The van der Waals surface area contributed by atoms with Crippen molar-refractivity contribution in [1.29, 1.82) is 0 Å². The van der Waals surface area contributed by atoms with E-state index in [1.807, 2.05) is 31.2 Å². The lowest BCUT2D eigenvalue weighted by Crippen LogP contribution is -2.46. The van der Waals surface area contributed by atoms with E-state index in [1.165, 1.54) is 0 Å². The molecule has 1 amide bonds. The number of carbonyl (C=O) groups excluding carboxylic acids is 1. The molecule has 1 N–H and O–H groups in total. The van der Waals surface area contributed by atoms with Crippen LogP contribution in [0.5, 0.6) is 5.75 Å². The Kier molecular flexibility index (Phi) is 3.45. The molecule has 1 aromatic carbocycles. The molecular formula is C14H19NO3. The van der Waals surface area contributed by atoms with Gasteiger partial charge in [0.05, 0.1) is 12.6 Å². The van der Waals surface area contributed by atoms with Crippen molar-refractivity contribution in [1.82, 2.24) is 5.32 Å². The van der Waals surface area contributed by atoms with Crippen LogP contribution in [0.15, 0.2) is 24.3 Å². The zero-order valence-corrected chi connectivity index (χ0v) is 11.0. The Morgan fingerprint density at radius 3 is 3.00 bits per heavy atom. The van der Waals surface area contributed by atoms with Gasteiger partial charge < -0.3 is 14.8 Å². The van der Waals surface area contributed by atoms with E-state index in [2.05, 4.69) is 19.2 Å². The summed E-state index contributed by atoms with van der Waals surface area (Å²) in [5, 5.41) is 2.88. The molecule has 18 heavy (non-hydrogen) atoms. The molecule has 0 bridgehead atoms. The summed E-state index contributed by atoms with van der Waals surface area (Å²) in [6.07, 6.45) is -0.360. The largest absolute Gasteiger partial charge is 0.494 e. The second-order valence-corrected chi connectivity index (χ2v) is 5.15. The number of benzene rings is 1. The van der Waals surface area contributed by atoms with Gasteiger partial charge in [-0.05, 0) is 24.6 Å². The first-order valence-corrected chi connectivity index (χ1v) is 6.19. The van der Waals surface area contributed by atoms with Gasteiger partial charge in [0.2, 0.25) is 0 Å². The summed E-state index contributed by atoms with van der Waals surface area (Å²) >= 11 is 0. The summed E-state index contributed by atoms with van der Waals surface area (Å²) in [7, 11) is 0. The summed E-state index contributed by atoms with van der Waals surface area (Å²) < 4.78 is 10.5. The monoisotopic (exact) mass is 249 g/mol. The first-order chi connectivity index (χ1) is 8.53. The van der Waals surface area contributed by atoms with Crippen LogP contribution in [0.4, 0.5) is 4.79 Å². The molecule has 0 saturated carbocycles. The maximum atomic E-state index is 11.4. The quantitative estimate of drug-likeness (QED) is 0.896. The molecular weight excluding hydrogens is 230 g/mol. The molecule has 1 aromatic rings. The van der Waals surface area contributed by atoms with Gasteiger partial charge in [0, 0.05) is 5.41 Å². The van der Waals surface area contributed by atoms with Gasteiger partial charge in [-0.25, -0.2) is 4.79 Å². The van der Waals surface area contributed by atoms with Crippen LogP contribution in [-0.4, -0.2) is 19.3 Å². The van der Waals surface area contributed by atoms with Gasteiger partial charge in [0.25, 0.3) is 0 Å². The normalized spacial score (nSPS) is 21.9. The molecule has 4 heteroatoms. The topological polar surface area (TPSA) is 47.6 Å². The molecule has 1 saturated heterocycles. The van der Waals surface area contributed by atoms with E-state index in [0.29, 0.717) is 13.2 Å². The molecule has 4 nitrogen and oxygen atoms in total. The first-order valence-electron chi connectivity index (χ1n) is 6.19. The van der Waals surface area contributed by atoms with Gasteiger partial charge in [-0.1, -0.05) is 26.0 Å². The van der Waals surface area contributed by atoms with Gasteiger partial charge in [0.15, 0.2) is 0 Å². The first kappa shape index (κ1) is 12.7. The van der Waals surface area contributed by atoms with Crippen LogP contribution in [-0.2, 0) is 4.74 Å². The predicted octanol–water partition coefficient (Wildman–Crippen LogP) is 2.89. The number of nitrogens with one attached hydrogen (secondary N) is 1. The highest BCUT2D eigenvalue weighted by atomic mass is 16.6. The van der Waals surface area contributed by atoms with E-state index in [1.54, 1.807) is 0 Å². The van der Waals surface area contributed by atoms with Gasteiger partial charge in [0.1, 0.15) is 12.4 Å². The summed E-state index contributed by atoms with van der Waals surface area (Å²) in [6.45, 7) is 7.15. The molecule has 1 aliphatic rings. The van der Waals surface area contributed by atoms with Crippen LogP contribution >= 0.6 is 0 Å². The van der Waals surface area contributed by atoms with Gasteiger partial charge in [-0.15, -0.1) is 0 Å². The zero-order valence-electron chi connectivity index (χ0n) is 11.0. The van der Waals surface area contributed by atoms with E-state index in [4.69, 9.17) is 9.47 Å². The number of alkyl carbamates (subject to hydrolysis) is 1. The number of cyclic esters (lactones) is 1. The van der Waals surface area contributed by atoms with Crippen molar-refractivity contribution in [2.75, 3.05) is 13.2 Å². The minimum Gasteiger partial charge on any atom is -0.494 e. The third-order valence-electron chi connectivity index (χ3n) is 3.12. The molecule has 0 radical (unpaired) electrons. The van der Waals surface area contributed by atoms with E-state index in [9.17, 15) is 4.79 Å². The van der Waals surface area contributed by atoms with E-state index in [0.717, 1.165) is 11.3 Å². The average Bonchev–Trinajstić information content (AvgIpc) is 2.33. The standard InChI is InChI=1S/C14H19NO3/c1-4-17-11-7-5-6-10(8-11)12-14(2,3)9-18-13(16)15-12/h5-8,12H,4,9H2,1-3H3,(H,15,16)/t12-/m0/s1. The third kappa shape index (κ3) is 2.58. The number of hydrogen-bond acceptors (Lipinski definition) is 3. The molecule has 0 unspecified atom stereocenters. The van der Waals surface area contributed by atoms with Gasteiger partial charge in [-0.2, -0.15) is 0 Å². The van der Waals surface area contributed by atoms with Crippen molar-refractivity contribution in [3.8, 4) is 5.75 Å². The molecule has 0 spiro atoms. The lowest BCUT2D eigenvalue weighted by Gasteiger charge is -2.38. The fraction of sp³-hybridized carbons (Fsp3) is 0.500. The Morgan fingerprint density at radius 1 is 1.50 bits per heavy atom. The maximum absolute atomic E-state index is 11.4. The number of rotatable bonds is 3. The van der Waals surface area contributed by atoms with Crippen LogP contribution < -0.4 is 10.1 Å². The Hall–Kier alpha value is -1.71. The lowest BCUT2D eigenvalue weighted by atomic mass is 9.80. The van der Waals surface area contributed by atoms with Gasteiger partial charge >= 0.3 is 6.09 Å². The van der Waals surface area contributed by atoms with Crippen LogP contribution in [0.3, 0.4) is 0 Å². The molecule has 0 aliphatic carbocycles. The van der Waals surface area contributed by atoms with E-state index >= 15 is 0 Å². The lowest BCUT2D eigenvalue weighted by molar-refractivity contribution is 0.0386. The Labute approximate surface area is 107 Å². The van der Waals surface area contributed by atoms with Crippen LogP contribution in [0.25, 0.3) is 0 Å². The number of carbonyl (C=O) groups is 1. The fourth-order valence-electron chi connectivity index (χ4n) is 2.17. The predicted molar refractivity (Wildman–Crippen MR) is 68.6 cm³/mol. The Balaban J connectivity index is 2.28. The highest BCUT2D eigenvalue weighted by Gasteiger charge is 2.37. The molecule has 1 aliphatic heterocycles. The van der Waals surface area contributed by atoms with Crippen molar-refractivity contribution >= 4 is 6.09 Å². The van der Waals surface area contributed by atoms with E-state index in [-0.39, 0.29) is 17.6 Å². The zero-order chi connectivity index (χ0) is 13.2. The third-order valence-corrected chi connectivity index (χ3v) is 3.12. The number of amides is 1.